The highest BCUT2D eigenvalue weighted by molar-refractivity contribution is 4.87. The molecule has 0 spiro atoms. The minimum absolute atomic E-state index is 0.297. The van der Waals surface area contributed by atoms with Gasteiger partial charge in [-0.25, -0.2) is 0 Å². The summed E-state index contributed by atoms with van der Waals surface area (Å²) >= 11 is 0. The van der Waals surface area contributed by atoms with Gasteiger partial charge in [0, 0.05) is 13.1 Å². The average molecular weight is 213 g/mol. The Balaban J connectivity index is 2.29. The molecule has 0 radical (unpaired) electrons. The molecule has 0 bridgehead atoms. The van der Waals surface area contributed by atoms with Crippen molar-refractivity contribution in [1.82, 2.24) is 5.32 Å². The van der Waals surface area contributed by atoms with Crippen LogP contribution in [0.2, 0.25) is 0 Å². The Kier molecular flexibility index (Phi) is 4.19. The van der Waals surface area contributed by atoms with Crippen molar-refractivity contribution in [3.05, 3.63) is 0 Å². The lowest BCUT2D eigenvalue weighted by Gasteiger charge is -2.31. The molecule has 2 N–H and O–H groups in total. The van der Waals surface area contributed by atoms with Crippen LogP contribution >= 0.6 is 0 Å². The maximum Gasteiger partial charge on any atom is 0.0771 e. The van der Waals surface area contributed by atoms with Gasteiger partial charge in [-0.05, 0) is 31.1 Å². The maximum atomic E-state index is 10.3. The summed E-state index contributed by atoms with van der Waals surface area (Å²) in [6.07, 6.45) is 4.98. The molecule has 90 valence electrons. The summed E-state index contributed by atoms with van der Waals surface area (Å²) in [5.41, 5.74) is -0.215. The van der Waals surface area contributed by atoms with E-state index in [0.717, 1.165) is 13.1 Å². The molecule has 1 aliphatic carbocycles. The molecule has 2 nitrogen and oxygen atoms in total. The van der Waals surface area contributed by atoms with E-state index >= 15 is 0 Å². The van der Waals surface area contributed by atoms with Gasteiger partial charge in [0.25, 0.3) is 0 Å². The van der Waals surface area contributed by atoms with Crippen LogP contribution in [0.1, 0.15) is 53.4 Å². The van der Waals surface area contributed by atoms with Crippen LogP contribution in [0.5, 0.6) is 0 Å². The zero-order valence-electron chi connectivity index (χ0n) is 10.8. The van der Waals surface area contributed by atoms with Crippen molar-refractivity contribution < 1.29 is 5.11 Å². The Morgan fingerprint density at radius 2 is 1.60 bits per heavy atom. The summed E-state index contributed by atoms with van der Waals surface area (Å²) < 4.78 is 0. The number of hydrogen-bond acceptors (Lipinski definition) is 2. The topological polar surface area (TPSA) is 32.3 Å². The summed E-state index contributed by atoms with van der Waals surface area (Å²) in [4.78, 5) is 0. The summed E-state index contributed by atoms with van der Waals surface area (Å²) in [7, 11) is 0. The van der Waals surface area contributed by atoms with Crippen LogP contribution in [0.4, 0.5) is 0 Å². The first-order chi connectivity index (χ1) is 6.81. The highest BCUT2D eigenvalue weighted by atomic mass is 16.3. The maximum absolute atomic E-state index is 10.3. The van der Waals surface area contributed by atoms with E-state index in [1.165, 1.54) is 25.7 Å². The van der Waals surface area contributed by atoms with Gasteiger partial charge >= 0.3 is 0 Å². The van der Waals surface area contributed by atoms with Gasteiger partial charge in [-0.3, -0.25) is 0 Å². The van der Waals surface area contributed by atoms with Gasteiger partial charge < -0.3 is 10.4 Å². The third kappa shape index (κ3) is 4.52. The molecule has 1 aliphatic rings. The molecule has 0 heterocycles. The fraction of sp³-hybridized carbons (Fsp3) is 1.00. The van der Waals surface area contributed by atoms with Gasteiger partial charge in [-0.15, -0.1) is 0 Å². The molecule has 0 aliphatic heterocycles. The van der Waals surface area contributed by atoms with Crippen LogP contribution in [0, 0.1) is 11.3 Å². The first kappa shape index (κ1) is 13.0. The second-order valence-corrected chi connectivity index (χ2v) is 6.50. The molecule has 1 atom stereocenters. The molecule has 0 aromatic rings. The molecule has 1 fully saturated rings. The van der Waals surface area contributed by atoms with Crippen molar-refractivity contribution in [1.29, 1.82) is 0 Å². The minimum Gasteiger partial charge on any atom is -0.389 e. The van der Waals surface area contributed by atoms with Gasteiger partial charge in [0.15, 0.2) is 0 Å². The van der Waals surface area contributed by atoms with Crippen molar-refractivity contribution in [2.24, 2.45) is 11.3 Å². The van der Waals surface area contributed by atoms with E-state index in [1.807, 2.05) is 6.92 Å². The number of nitrogens with one attached hydrogen (secondary N) is 1. The second-order valence-electron chi connectivity index (χ2n) is 6.50. The van der Waals surface area contributed by atoms with E-state index in [4.69, 9.17) is 0 Å². The number of aliphatic hydroxyl groups is 1. The lowest BCUT2D eigenvalue weighted by atomic mass is 9.87. The number of hydrogen-bond donors (Lipinski definition) is 2. The lowest BCUT2D eigenvalue weighted by molar-refractivity contribution is 0.00109. The Morgan fingerprint density at radius 3 is 2.07 bits per heavy atom. The van der Waals surface area contributed by atoms with Gasteiger partial charge in [0.05, 0.1) is 5.60 Å². The second kappa shape index (κ2) is 4.84. The molecular formula is C13H27NO. The predicted octanol–water partition coefficient (Wildman–Crippen LogP) is 2.56. The van der Waals surface area contributed by atoms with Crippen LogP contribution < -0.4 is 5.32 Å². The van der Waals surface area contributed by atoms with E-state index in [1.54, 1.807) is 0 Å². The third-order valence-electron chi connectivity index (χ3n) is 3.37. The standard InChI is InChI=1S/C13H27NO/c1-12(2,3)9-14-10-13(4,15)11-7-5-6-8-11/h11,14-15H,5-10H2,1-4H3. The van der Waals surface area contributed by atoms with Gasteiger partial charge in [-0.2, -0.15) is 0 Å². The largest absolute Gasteiger partial charge is 0.389 e. The van der Waals surface area contributed by atoms with Crippen LogP contribution in [0.15, 0.2) is 0 Å². The molecule has 0 aromatic heterocycles. The van der Waals surface area contributed by atoms with Crippen molar-refractivity contribution in [2.75, 3.05) is 13.1 Å². The third-order valence-corrected chi connectivity index (χ3v) is 3.37. The first-order valence-electron chi connectivity index (χ1n) is 6.24. The summed E-state index contributed by atoms with van der Waals surface area (Å²) in [5.74, 6) is 0.505. The lowest BCUT2D eigenvalue weighted by Crippen LogP contribution is -2.45. The summed E-state index contributed by atoms with van der Waals surface area (Å²) in [6, 6.07) is 0. The Hall–Kier alpha value is -0.0800. The van der Waals surface area contributed by atoms with Crippen molar-refractivity contribution >= 4 is 0 Å². The predicted molar refractivity (Wildman–Crippen MR) is 64.9 cm³/mol. The van der Waals surface area contributed by atoms with Gasteiger partial charge in [0.2, 0.25) is 0 Å². The quantitative estimate of drug-likeness (QED) is 0.752. The zero-order chi connectivity index (χ0) is 11.5. The average Bonchev–Trinajstić information content (AvgIpc) is 2.52. The fourth-order valence-corrected chi connectivity index (χ4v) is 2.38. The fourth-order valence-electron chi connectivity index (χ4n) is 2.38. The molecular weight excluding hydrogens is 186 g/mol. The van der Waals surface area contributed by atoms with Crippen LogP contribution in [0.3, 0.4) is 0 Å². The van der Waals surface area contributed by atoms with Crippen molar-refractivity contribution in [2.45, 2.75) is 59.0 Å². The molecule has 1 unspecified atom stereocenters. The summed E-state index contributed by atoms with van der Waals surface area (Å²) in [5, 5.41) is 13.7. The van der Waals surface area contributed by atoms with Crippen LogP contribution in [-0.2, 0) is 0 Å². The van der Waals surface area contributed by atoms with Gasteiger partial charge in [0.1, 0.15) is 0 Å². The van der Waals surface area contributed by atoms with Crippen LogP contribution in [-0.4, -0.2) is 23.8 Å². The Labute approximate surface area is 94.5 Å². The monoisotopic (exact) mass is 213 g/mol. The number of rotatable bonds is 4. The molecule has 15 heavy (non-hydrogen) atoms. The van der Waals surface area contributed by atoms with E-state index in [-0.39, 0.29) is 0 Å². The molecule has 1 rings (SSSR count). The zero-order valence-corrected chi connectivity index (χ0v) is 10.8. The minimum atomic E-state index is -0.512. The van der Waals surface area contributed by atoms with Gasteiger partial charge in [-0.1, -0.05) is 33.6 Å². The summed E-state index contributed by atoms with van der Waals surface area (Å²) in [6.45, 7) is 10.3. The van der Waals surface area contributed by atoms with E-state index in [2.05, 4.69) is 26.1 Å². The molecule has 1 saturated carbocycles. The molecule has 2 heteroatoms. The Bertz CT molecular complexity index is 187. The van der Waals surface area contributed by atoms with E-state index in [9.17, 15) is 5.11 Å². The molecule has 0 saturated heterocycles. The van der Waals surface area contributed by atoms with Crippen molar-refractivity contribution in [3.8, 4) is 0 Å². The first-order valence-corrected chi connectivity index (χ1v) is 6.24. The highest BCUT2D eigenvalue weighted by Gasteiger charge is 2.33. The SMILES string of the molecule is CC(C)(C)CNCC(C)(O)C1CCCC1. The van der Waals surface area contributed by atoms with Crippen LogP contribution in [0.25, 0.3) is 0 Å². The van der Waals surface area contributed by atoms with E-state index in [0.29, 0.717) is 11.3 Å². The normalized spacial score (nSPS) is 23.0. The molecule has 0 aromatic carbocycles. The Morgan fingerprint density at radius 1 is 1.07 bits per heavy atom. The smallest absolute Gasteiger partial charge is 0.0771 e. The van der Waals surface area contributed by atoms with Crippen molar-refractivity contribution in [3.63, 3.8) is 0 Å². The van der Waals surface area contributed by atoms with E-state index < -0.39 is 5.60 Å². The molecule has 0 amide bonds. The highest BCUT2D eigenvalue weighted by Crippen LogP contribution is 2.33.